The van der Waals surface area contributed by atoms with Crippen molar-refractivity contribution in [3.8, 4) is 33.4 Å². The molecule has 0 unspecified atom stereocenters. The maximum atomic E-state index is 2.60. The van der Waals surface area contributed by atoms with Gasteiger partial charge in [-0.15, -0.1) is 11.3 Å². The van der Waals surface area contributed by atoms with Crippen LogP contribution in [0.25, 0.3) is 43.5 Å². The van der Waals surface area contributed by atoms with Crippen molar-refractivity contribution in [2.45, 2.75) is 71.1 Å². The van der Waals surface area contributed by atoms with Crippen LogP contribution >= 0.6 is 11.3 Å². The zero-order chi connectivity index (χ0) is 48.1. The van der Waals surface area contributed by atoms with Gasteiger partial charge in [-0.2, -0.15) is 0 Å². The molecule has 1 aromatic heterocycles. The van der Waals surface area contributed by atoms with Crippen LogP contribution in [0, 0.1) is 0 Å². The predicted molar refractivity (Wildman–Crippen MR) is 304 cm³/mol. The average molecular weight is 931 g/mol. The molecule has 342 valence electrons. The van der Waals surface area contributed by atoms with Gasteiger partial charge in [-0.3, -0.25) is 0 Å². The molecule has 0 atom stereocenters. The highest BCUT2D eigenvalue weighted by atomic mass is 32.1. The van der Waals surface area contributed by atoms with Crippen LogP contribution in [0.15, 0.2) is 194 Å². The van der Waals surface area contributed by atoms with Crippen molar-refractivity contribution >= 4 is 78.0 Å². The van der Waals surface area contributed by atoms with Crippen LogP contribution in [0.5, 0.6) is 0 Å². The summed E-state index contributed by atoms with van der Waals surface area (Å²) in [7, 11) is 0. The third kappa shape index (κ3) is 5.83. The van der Waals surface area contributed by atoms with Gasteiger partial charge in [-0.25, -0.2) is 0 Å². The molecule has 0 radical (unpaired) electrons. The van der Waals surface area contributed by atoms with Crippen molar-refractivity contribution in [1.29, 1.82) is 0 Å². The summed E-state index contributed by atoms with van der Waals surface area (Å²) in [6.45, 7) is 16.5. The van der Waals surface area contributed by atoms with Gasteiger partial charge >= 0.3 is 0 Å². The highest BCUT2D eigenvalue weighted by Crippen LogP contribution is 2.64. The van der Waals surface area contributed by atoms with E-state index in [-0.39, 0.29) is 12.1 Å². The summed E-state index contributed by atoms with van der Waals surface area (Å²) in [5, 5.41) is 1.31. The average Bonchev–Trinajstić information content (AvgIpc) is 4.01. The van der Waals surface area contributed by atoms with Crippen LogP contribution in [0.4, 0.5) is 34.1 Å². The standard InChI is InChI=1S/C67H55BN2S/c1-40(2)49-36-43(66(5,6)7)37-50(41(3)4)62(49)42-33-34-57-60(35-42)69(44-21-10-8-11-22-44)58-31-20-32-59-63(58)68(57)65-64(70(59)45-23-12-9-13-24-45)52-38-51-48-27-16-19-30-55(48)67(56(51)39-61(52)71-65)53-28-17-14-25-46(53)47-26-15-18-29-54(47)67/h8-41H,1-7H3. The molecule has 0 fully saturated rings. The second-order valence-electron chi connectivity index (χ2n) is 21.9. The third-order valence-corrected chi connectivity index (χ3v) is 17.5. The van der Waals surface area contributed by atoms with Crippen LogP contribution in [-0.4, -0.2) is 6.71 Å². The minimum absolute atomic E-state index is 0.0130. The Morgan fingerprint density at radius 1 is 0.479 bits per heavy atom. The largest absolute Gasteiger partial charge is 0.311 e. The summed E-state index contributed by atoms with van der Waals surface area (Å²) in [5.74, 6) is 0.716. The Balaban J connectivity index is 1.07. The summed E-state index contributed by atoms with van der Waals surface area (Å²) >= 11 is 2.00. The maximum Gasteiger partial charge on any atom is 0.264 e. The zero-order valence-electron chi connectivity index (χ0n) is 41.5. The number of anilines is 6. The number of rotatable bonds is 5. The predicted octanol–water partition coefficient (Wildman–Crippen LogP) is 16.5. The van der Waals surface area contributed by atoms with Gasteiger partial charge in [0.25, 0.3) is 6.71 Å². The second-order valence-corrected chi connectivity index (χ2v) is 23.0. The minimum Gasteiger partial charge on any atom is -0.311 e. The van der Waals surface area contributed by atoms with Crippen LogP contribution in [0.3, 0.4) is 0 Å². The molecule has 1 spiro atoms. The molecule has 0 saturated carbocycles. The van der Waals surface area contributed by atoms with E-state index >= 15 is 0 Å². The molecule has 2 nitrogen and oxygen atoms in total. The fourth-order valence-electron chi connectivity index (χ4n) is 13.2. The van der Waals surface area contributed by atoms with Crippen molar-refractivity contribution in [1.82, 2.24) is 0 Å². The van der Waals surface area contributed by atoms with E-state index in [1.165, 1.54) is 132 Å². The number of benzene rings is 9. The quantitative estimate of drug-likeness (QED) is 0.159. The fourth-order valence-corrected chi connectivity index (χ4v) is 14.6. The van der Waals surface area contributed by atoms with Gasteiger partial charge in [0.15, 0.2) is 0 Å². The molecule has 10 aromatic rings. The Bertz CT molecular complexity index is 3760. The molecule has 3 heterocycles. The number of thiophene rings is 1. The molecule has 0 bridgehead atoms. The molecule has 4 heteroatoms. The van der Waals surface area contributed by atoms with Crippen molar-refractivity contribution < 1.29 is 0 Å². The first kappa shape index (κ1) is 42.5. The van der Waals surface area contributed by atoms with E-state index in [0.29, 0.717) is 11.8 Å². The minimum atomic E-state index is -0.411. The molecule has 0 N–H and O–H groups in total. The molecule has 0 saturated heterocycles. The number of hydrogen-bond acceptors (Lipinski definition) is 3. The lowest BCUT2D eigenvalue weighted by atomic mass is 9.36. The molecule has 2 aliphatic carbocycles. The van der Waals surface area contributed by atoms with Gasteiger partial charge < -0.3 is 9.80 Å². The Hall–Kier alpha value is -7.40. The Morgan fingerprint density at radius 2 is 1.00 bits per heavy atom. The van der Waals surface area contributed by atoms with Gasteiger partial charge in [-0.05, 0) is 155 Å². The Labute approximate surface area is 423 Å². The summed E-state index contributed by atoms with van der Waals surface area (Å²) < 4.78 is 2.72. The second kappa shape index (κ2) is 15.3. The lowest BCUT2D eigenvalue weighted by Gasteiger charge is -2.43. The van der Waals surface area contributed by atoms with E-state index < -0.39 is 5.41 Å². The van der Waals surface area contributed by atoms with Crippen LogP contribution in [0.1, 0.15) is 99.2 Å². The van der Waals surface area contributed by atoms with E-state index in [0.717, 1.165) is 0 Å². The topological polar surface area (TPSA) is 6.48 Å². The third-order valence-electron chi connectivity index (χ3n) is 16.3. The summed E-state index contributed by atoms with van der Waals surface area (Å²) in [4.78, 5) is 5.16. The van der Waals surface area contributed by atoms with E-state index in [2.05, 4.69) is 252 Å². The number of nitrogens with zero attached hydrogens (tertiary/aromatic N) is 2. The molecule has 9 aromatic carbocycles. The van der Waals surface area contributed by atoms with Crippen LogP contribution < -0.4 is 25.5 Å². The SMILES string of the molecule is CC(C)c1cc(C(C)(C)C)cc(C(C)C)c1-c1ccc2c(c1)N(c1ccccc1)c1cccc3c1B2c1sc2cc4c(cc2c1N3c1ccccc1)-c1ccccc1C41c2ccccc2-c2ccccc21. The monoisotopic (exact) mass is 930 g/mol. The number of hydrogen-bond donors (Lipinski definition) is 0. The molecule has 4 aliphatic rings. The van der Waals surface area contributed by atoms with Gasteiger partial charge in [0.2, 0.25) is 0 Å². The van der Waals surface area contributed by atoms with Crippen LogP contribution in [-0.2, 0) is 10.8 Å². The fraction of sp³-hybridized carbons (Fsp3) is 0.164. The highest BCUT2D eigenvalue weighted by molar-refractivity contribution is 7.33. The Morgan fingerprint density at radius 3 is 1.56 bits per heavy atom. The maximum absolute atomic E-state index is 2.60. The molecule has 0 amide bonds. The molecular formula is C67H55BN2S. The smallest absolute Gasteiger partial charge is 0.264 e. The highest BCUT2D eigenvalue weighted by Gasteiger charge is 2.52. The first-order chi connectivity index (χ1) is 34.5. The molecule has 14 rings (SSSR count). The lowest BCUT2D eigenvalue weighted by Crippen LogP contribution is -2.60. The van der Waals surface area contributed by atoms with Gasteiger partial charge in [0, 0.05) is 43.3 Å². The summed E-state index contributed by atoms with van der Waals surface area (Å²) in [6.07, 6.45) is 0. The molecule has 2 aliphatic heterocycles. The van der Waals surface area contributed by atoms with E-state index in [9.17, 15) is 0 Å². The normalized spacial score (nSPS) is 14.4. The Kier molecular flexibility index (Phi) is 9.16. The number of para-hydroxylation sites is 2. The van der Waals surface area contributed by atoms with Crippen molar-refractivity contribution in [3.63, 3.8) is 0 Å². The van der Waals surface area contributed by atoms with Crippen molar-refractivity contribution in [2.75, 3.05) is 9.80 Å². The van der Waals surface area contributed by atoms with Crippen molar-refractivity contribution in [3.05, 3.63) is 233 Å². The molecule has 71 heavy (non-hydrogen) atoms. The van der Waals surface area contributed by atoms with E-state index in [1.807, 2.05) is 11.3 Å². The molecular weight excluding hydrogens is 876 g/mol. The first-order valence-electron chi connectivity index (χ1n) is 25.6. The summed E-state index contributed by atoms with van der Waals surface area (Å²) in [5.41, 5.74) is 27.4. The number of fused-ring (bicyclic) bond motifs is 16. The lowest BCUT2D eigenvalue weighted by molar-refractivity contribution is 0.587. The van der Waals surface area contributed by atoms with Gasteiger partial charge in [0.1, 0.15) is 0 Å². The summed E-state index contributed by atoms with van der Waals surface area (Å²) in [6, 6.07) is 74.5. The van der Waals surface area contributed by atoms with Crippen LogP contribution in [0.2, 0.25) is 0 Å². The van der Waals surface area contributed by atoms with Crippen molar-refractivity contribution in [2.24, 2.45) is 0 Å². The van der Waals surface area contributed by atoms with Gasteiger partial charge in [-0.1, -0.05) is 188 Å². The van der Waals surface area contributed by atoms with E-state index in [4.69, 9.17) is 0 Å². The first-order valence-corrected chi connectivity index (χ1v) is 26.4. The zero-order valence-corrected chi connectivity index (χ0v) is 42.3. The van der Waals surface area contributed by atoms with Gasteiger partial charge in [0.05, 0.1) is 11.1 Å². The van der Waals surface area contributed by atoms with E-state index in [1.54, 1.807) is 0 Å².